The molecule has 0 spiro atoms. The summed E-state index contributed by atoms with van der Waals surface area (Å²) in [4.78, 5) is 13.9. The topological polar surface area (TPSA) is 32.3 Å². The molecule has 1 aromatic rings. The van der Waals surface area contributed by atoms with Crippen LogP contribution in [0.2, 0.25) is 0 Å². The summed E-state index contributed by atoms with van der Waals surface area (Å²) in [6.07, 6.45) is 0. The molecule has 0 heterocycles. The Bertz CT molecular complexity index is 376. The first-order valence-electron chi connectivity index (χ1n) is 5.87. The number of anilines is 1. The predicted molar refractivity (Wildman–Crippen MR) is 72.4 cm³/mol. The van der Waals surface area contributed by atoms with E-state index in [-0.39, 0.29) is 11.3 Å². The van der Waals surface area contributed by atoms with Gasteiger partial charge in [-0.3, -0.25) is 4.79 Å². The summed E-state index contributed by atoms with van der Waals surface area (Å²) in [6, 6.07) is 7.54. The van der Waals surface area contributed by atoms with Crippen molar-refractivity contribution in [3.63, 3.8) is 0 Å². The maximum atomic E-state index is 12.1. The zero-order valence-corrected chi connectivity index (χ0v) is 11.4. The Labute approximate surface area is 104 Å². The van der Waals surface area contributed by atoms with Gasteiger partial charge in [0.15, 0.2) is 0 Å². The molecule has 0 saturated carbocycles. The molecule has 0 aromatic heterocycles. The van der Waals surface area contributed by atoms with Crippen LogP contribution in [0.5, 0.6) is 0 Å². The summed E-state index contributed by atoms with van der Waals surface area (Å²) in [6.45, 7) is 7.13. The maximum absolute atomic E-state index is 12.1. The minimum absolute atomic E-state index is 0.0718. The molecular weight excluding hydrogens is 212 g/mol. The smallest absolute Gasteiger partial charge is 0.253 e. The van der Waals surface area contributed by atoms with Crippen molar-refractivity contribution in [1.82, 2.24) is 4.90 Å². The molecule has 0 saturated heterocycles. The fourth-order valence-corrected chi connectivity index (χ4v) is 1.78. The summed E-state index contributed by atoms with van der Waals surface area (Å²) < 4.78 is 0. The van der Waals surface area contributed by atoms with Gasteiger partial charge in [-0.2, -0.15) is 0 Å². The third kappa shape index (κ3) is 4.10. The molecule has 0 radical (unpaired) electrons. The van der Waals surface area contributed by atoms with Crippen LogP contribution >= 0.6 is 0 Å². The highest BCUT2D eigenvalue weighted by molar-refractivity contribution is 5.94. The summed E-state index contributed by atoms with van der Waals surface area (Å²) >= 11 is 0. The first kappa shape index (κ1) is 13.6. The van der Waals surface area contributed by atoms with Gasteiger partial charge >= 0.3 is 0 Å². The Morgan fingerprint density at radius 2 is 1.76 bits per heavy atom. The molecule has 3 nitrogen and oxygen atoms in total. The number of carbonyl (C=O) groups is 1. The summed E-state index contributed by atoms with van der Waals surface area (Å²) in [7, 11) is 3.71. The van der Waals surface area contributed by atoms with E-state index in [4.69, 9.17) is 0 Å². The van der Waals surface area contributed by atoms with E-state index in [0.717, 1.165) is 17.8 Å². The van der Waals surface area contributed by atoms with Gasteiger partial charge in [0, 0.05) is 31.9 Å². The highest BCUT2D eigenvalue weighted by atomic mass is 16.2. The Kier molecular flexibility index (Phi) is 4.16. The minimum atomic E-state index is 0.0718. The molecule has 17 heavy (non-hydrogen) atoms. The van der Waals surface area contributed by atoms with Crippen LogP contribution in [-0.4, -0.2) is 31.4 Å². The van der Waals surface area contributed by atoms with Gasteiger partial charge in [0.25, 0.3) is 5.91 Å². The average Bonchev–Trinajstić information content (AvgIpc) is 2.26. The molecule has 0 fully saturated rings. The second kappa shape index (κ2) is 5.21. The Morgan fingerprint density at radius 1 is 1.24 bits per heavy atom. The predicted octanol–water partition coefficient (Wildman–Crippen LogP) is 2.85. The van der Waals surface area contributed by atoms with Crippen molar-refractivity contribution in [2.24, 2.45) is 5.41 Å². The molecule has 1 amide bonds. The molecule has 0 bridgehead atoms. The van der Waals surface area contributed by atoms with Crippen molar-refractivity contribution < 1.29 is 4.79 Å². The fraction of sp³-hybridized carbons (Fsp3) is 0.500. The second-order valence-corrected chi connectivity index (χ2v) is 5.55. The van der Waals surface area contributed by atoms with E-state index in [1.54, 1.807) is 4.90 Å². The normalized spacial score (nSPS) is 11.1. The van der Waals surface area contributed by atoms with Crippen molar-refractivity contribution >= 4 is 11.6 Å². The first-order valence-corrected chi connectivity index (χ1v) is 5.87. The monoisotopic (exact) mass is 234 g/mol. The van der Waals surface area contributed by atoms with Gasteiger partial charge in [0.05, 0.1) is 0 Å². The molecule has 1 rings (SSSR count). The number of nitrogens with one attached hydrogen (secondary N) is 1. The lowest BCUT2D eigenvalue weighted by Crippen LogP contribution is -2.34. The standard InChI is InChI=1S/C14H22N2O/c1-14(2,3)10-16(5)13(17)11-6-8-12(15-4)9-7-11/h6-9,15H,10H2,1-5H3. The van der Waals surface area contributed by atoms with Gasteiger partial charge in [0.2, 0.25) is 0 Å². The average molecular weight is 234 g/mol. The zero-order valence-electron chi connectivity index (χ0n) is 11.4. The highest BCUT2D eigenvalue weighted by Crippen LogP contribution is 2.16. The van der Waals surface area contributed by atoms with Gasteiger partial charge in [0.1, 0.15) is 0 Å². The number of carbonyl (C=O) groups excluding carboxylic acids is 1. The first-order chi connectivity index (χ1) is 7.83. The van der Waals surface area contributed by atoms with E-state index in [2.05, 4.69) is 26.1 Å². The molecule has 94 valence electrons. The van der Waals surface area contributed by atoms with Crippen molar-refractivity contribution in [2.75, 3.05) is 26.0 Å². The van der Waals surface area contributed by atoms with E-state index < -0.39 is 0 Å². The van der Waals surface area contributed by atoms with Crippen LogP contribution in [0.4, 0.5) is 5.69 Å². The molecule has 0 aliphatic heterocycles. The van der Waals surface area contributed by atoms with E-state index in [9.17, 15) is 4.79 Å². The van der Waals surface area contributed by atoms with Gasteiger partial charge in [-0.1, -0.05) is 20.8 Å². The van der Waals surface area contributed by atoms with Gasteiger partial charge in [-0.25, -0.2) is 0 Å². The van der Waals surface area contributed by atoms with Crippen LogP contribution < -0.4 is 5.32 Å². The summed E-state index contributed by atoms with van der Waals surface area (Å²) in [5, 5.41) is 3.04. The van der Waals surface area contributed by atoms with Crippen LogP contribution in [0.1, 0.15) is 31.1 Å². The van der Waals surface area contributed by atoms with Crippen LogP contribution in [0.15, 0.2) is 24.3 Å². The second-order valence-electron chi connectivity index (χ2n) is 5.55. The van der Waals surface area contributed by atoms with Crippen LogP contribution in [0.3, 0.4) is 0 Å². The molecule has 1 N–H and O–H groups in total. The third-order valence-electron chi connectivity index (χ3n) is 2.48. The van der Waals surface area contributed by atoms with Crippen molar-refractivity contribution in [3.05, 3.63) is 29.8 Å². The lowest BCUT2D eigenvalue weighted by Gasteiger charge is -2.26. The third-order valence-corrected chi connectivity index (χ3v) is 2.48. The Morgan fingerprint density at radius 3 is 2.18 bits per heavy atom. The van der Waals surface area contributed by atoms with Gasteiger partial charge in [-0.15, -0.1) is 0 Å². The number of benzene rings is 1. The molecule has 0 aliphatic rings. The number of amides is 1. The zero-order chi connectivity index (χ0) is 13.1. The van der Waals surface area contributed by atoms with Crippen LogP contribution in [0.25, 0.3) is 0 Å². The highest BCUT2D eigenvalue weighted by Gasteiger charge is 2.18. The largest absolute Gasteiger partial charge is 0.388 e. The molecule has 0 aliphatic carbocycles. The summed E-state index contributed by atoms with van der Waals surface area (Å²) in [5.41, 5.74) is 1.87. The lowest BCUT2D eigenvalue weighted by atomic mass is 9.96. The lowest BCUT2D eigenvalue weighted by molar-refractivity contribution is 0.0745. The van der Waals surface area contributed by atoms with E-state index in [1.165, 1.54) is 0 Å². The number of nitrogens with zero attached hydrogens (tertiary/aromatic N) is 1. The van der Waals surface area contributed by atoms with Crippen LogP contribution in [0, 0.1) is 5.41 Å². The maximum Gasteiger partial charge on any atom is 0.253 e. The van der Waals surface area contributed by atoms with Crippen molar-refractivity contribution in [2.45, 2.75) is 20.8 Å². The Balaban J connectivity index is 2.75. The number of rotatable bonds is 3. The number of hydrogen-bond donors (Lipinski definition) is 1. The quantitative estimate of drug-likeness (QED) is 0.872. The Hall–Kier alpha value is -1.51. The molecule has 3 heteroatoms. The summed E-state index contributed by atoms with van der Waals surface area (Å²) in [5.74, 6) is 0.0718. The SMILES string of the molecule is CNc1ccc(C(=O)N(C)CC(C)(C)C)cc1. The van der Waals surface area contributed by atoms with Crippen LogP contribution in [-0.2, 0) is 0 Å². The van der Waals surface area contributed by atoms with Crippen molar-refractivity contribution in [1.29, 1.82) is 0 Å². The van der Waals surface area contributed by atoms with E-state index >= 15 is 0 Å². The fourth-order valence-electron chi connectivity index (χ4n) is 1.78. The van der Waals surface area contributed by atoms with E-state index in [1.807, 2.05) is 38.4 Å². The minimum Gasteiger partial charge on any atom is -0.388 e. The van der Waals surface area contributed by atoms with E-state index in [0.29, 0.717) is 0 Å². The molecule has 0 unspecified atom stereocenters. The molecule has 1 aromatic carbocycles. The van der Waals surface area contributed by atoms with Gasteiger partial charge in [-0.05, 0) is 29.7 Å². The molecular formula is C14H22N2O. The van der Waals surface area contributed by atoms with Gasteiger partial charge < -0.3 is 10.2 Å². The molecule has 0 atom stereocenters. The van der Waals surface area contributed by atoms with Crippen molar-refractivity contribution in [3.8, 4) is 0 Å². The number of hydrogen-bond acceptors (Lipinski definition) is 2.